The summed E-state index contributed by atoms with van der Waals surface area (Å²) in [6, 6.07) is 7.70. The van der Waals surface area contributed by atoms with Crippen molar-refractivity contribution in [2.45, 2.75) is 64.6 Å². The van der Waals surface area contributed by atoms with Crippen LogP contribution in [-0.2, 0) is 11.3 Å². The van der Waals surface area contributed by atoms with E-state index >= 15 is 0 Å². The van der Waals surface area contributed by atoms with Gasteiger partial charge in [0.05, 0.1) is 6.04 Å². The van der Waals surface area contributed by atoms with E-state index in [1.165, 1.54) is 0 Å². The first-order chi connectivity index (χ1) is 11.5. The van der Waals surface area contributed by atoms with E-state index in [0.29, 0.717) is 19.6 Å². The first-order valence-electron chi connectivity index (χ1n) is 8.73. The zero-order valence-corrected chi connectivity index (χ0v) is 15.4. The molecule has 0 bridgehead atoms. The Morgan fingerprint density at radius 1 is 1.24 bits per heavy atom. The molecule has 0 radical (unpaired) electrons. The highest BCUT2D eigenvalue weighted by Gasteiger charge is 2.33. The van der Waals surface area contributed by atoms with Crippen molar-refractivity contribution < 1.29 is 18.3 Å². The van der Waals surface area contributed by atoms with Crippen LogP contribution < -0.4 is 5.32 Å². The molecular weight excluding hydrogens is 326 g/mol. The van der Waals surface area contributed by atoms with Gasteiger partial charge in [0.2, 0.25) is 0 Å². The van der Waals surface area contributed by atoms with Crippen LogP contribution in [0.2, 0.25) is 0 Å². The lowest BCUT2D eigenvalue weighted by atomic mass is 10.0. The third kappa shape index (κ3) is 6.61. The van der Waals surface area contributed by atoms with Gasteiger partial charge in [0.1, 0.15) is 5.60 Å². The quantitative estimate of drug-likeness (QED) is 0.865. The molecule has 1 aromatic rings. The van der Waals surface area contributed by atoms with Crippen LogP contribution in [-0.4, -0.2) is 35.6 Å². The molecule has 2 rings (SSSR count). The summed E-state index contributed by atoms with van der Waals surface area (Å²) < 4.78 is 31.6. The van der Waals surface area contributed by atoms with Gasteiger partial charge in [-0.3, -0.25) is 4.90 Å². The Balaban J connectivity index is 1.86. The first kappa shape index (κ1) is 19.6. The van der Waals surface area contributed by atoms with Crippen LogP contribution in [0.3, 0.4) is 0 Å². The van der Waals surface area contributed by atoms with Crippen molar-refractivity contribution in [1.82, 2.24) is 10.2 Å². The van der Waals surface area contributed by atoms with Crippen molar-refractivity contribution in [2.75, 3.05) is 13.1 Å². The highest BCUT2D eigenvalue weighted by Crippen LogP contribution is 2.28. The number of alkyl halides is 2. The average molecular weight is 354 g/mol. The van der Waals surface area contributed by atoms with Crippen LogP contribution >= 0.6 is 0 Å². The van der Waals surface area contributed by atoms with Crippen LogP contribution in [0.15, 0.2) is 24.3 Å². The van der Waals surface area contributed by atoms with E-state index in [4.69, 9.17) is 4.74 Å². The van der Waals surface area contributed by atoms with Gasteiger partial charge in [-0.1, -0.05) is 24.3 Å². The normalized spacial score (nSPS) is 19.3. The van der Waals surface area contributed by atoms with Gasteiger partial charge in [-0.2, -0.15) is 0 Å². The number of hydrogen-bond acceptors (Lipinski definition) is 3. The van der Waals surface area contributed by atoms with E-state index in [2.05, 4.69) is 10.2 Å². The number of rotatable bonds is 4. The van der Waals surface area contributed by atoms with E-state index in [0.717, 1.165) is 11.1 Å². The van der Waals surface area contributed by atoms with E-state index in [1.807, 2.05) is 52.0 Å². The highest BCUT2D eigenvalue weighted by molar-refractivity contribution is 5.68. The molecule has 1 N–H and O–H groups in total. The van der Waals surface area contributed by atoms with E-state index in [-0.39, 0.29) is 18.9 Å². The molecule has 1 fully saturated rings. The van der Waals surface area contributed by atoms with Gasteiger partial charge in [0, 0.05) is 32.5 Å². The van der Waals surface area contributed by atoms with Gasteiger partial charge in [0.25, 0.3) is 5.92 Å². The van der Waals surface area contributed by atoms with Crippen molar-refractivity contribution in [3.8, 4) is 0 Å². The van der Waals surface area contributed by atoms with Gasteiger partial charge < -0.3 is 10.1 Å². The fraction of sp³-hybridized carbons (Fsp3) is 0.632. The maximum atomic E-state index is 13.2. The molecule has 140 valence electrons. The zero-order chi connectivity index (χ0) is 18.7. The number of nitrogens with one attached hydrogen (secondary N) is 1. The predicted molar refractivity (Wildman–Crippen MR) is 93.7 cm³/mol. The van der Waals surface area contributed by atoms with Crippen molar-refractivity contribution in [2.24, 2.45) is 0 Å². The number of benzene rings is 1. The van der Waals surface area contributed by atoms with Gasteiger partial charge in [-0.25, -0.2) is 13.6 Å². The summed E-state index contributed by atoms with van der Waals surface area (Å²) in [6.07, 6.45) is -0.581. The van der Waals surface area contributed by atoms with Gasteiger partial charge in [0.15, 0.2) is 0 Å². The summed E-state index contributed by atoms with van der Waals surface area (Å²) >= 11 is 0. The van der Waals surface area contributed by atoms with Gasteiger partial charge >= 0.3 is 6.09 Å². The van der Waals surface area contributed by atoms with E-state index in [1.54, 1.807) is 0 Å². The summed E-state index contributed by atoms with van der Waals surface area (Å²) in [4.78, 5) is 13.9. The second-order valence-electron chi connectivity index (χ2n) is 7.74. The summed E-state index contributed by atoms with van der Waals surface area (Å²) in [5.41, 5.74) is 1.53. The molecule has 1 saturated heterocycles. The number of hydrogen-bond donors (Lipinski definition) is 1. The average Bonchev–Trinajstić information content (AvgIpc) is 2.48. The molecule has 0 aliphatic carbocycles. The van der Waals surface area contributed by atoms with Crippen molar-refractivity contribution in [3.05, 3.63) is 35.4 Å². The highest BCUT2D eigenvalue weighted by atomic mass is 19.3. The number of carbonyl (C=O) groups is 1. The van der Waals surface area contributed by atoms with Gasteiger partial charge in [-0.15, -0.1) is 0 Å². The topological polar surface area (TPSA) is 41.6 Å². The Labute approximate surface area is 148 Å². The second-order valence-corrected chi connectivity index (χ2v) is 7.74. The number of likely N-dealkylation sites (tertiary alicyclic amines) is 1. The zero-order valence-electron chi connectivity index (χ0n) is 15.4. The monoisotopic (exact) mass is 354 g/mol. The predicted octanol–water partition coefficient (Wildman–Crippen LogP) is 4.50. The number of alkyl carbamates (subject to hydrolysis) is 1. The Bertz CT molecular complexity index is 572. The number of piperidine rings is 1. The van der Waals surface area contributed by atoms with E-state index < -0.39 is 17.6 Å². The Morgan fingerprint density at radius 2 is 1.80 bits per heavy atom. The molecule has 0 saturated carbocycles. The minimum Gasteiger partial charge on any atom is -0.444 e. The summed E-state index contributed by atoms with van der Waals surface area (Å²) in [5, 5.41) is 2.81. The van der Waals surface area contributed by atoms with Crippen LogP contribution in [0.4, 0.5) is 13.6 Å². The molecule has 1 aliphatic heterocycles. The van der Waals surface area contributed by atoms with Crippen molar-refractivity contribution in [3.63, 3.8) is 0 Å². The summed E-state index contributed by atoms with van der Waals surface area (Å²) in [7, 11) is 0. The summed E-state index contributed by atoms with van der Waals surface area (Å²) in [5.74, 6) is -2.51. The number of nitrogens with zero attached hydrogens (tertiary/aromatic N) is 1. The molecular formula is C19H28F2N2O2. The lowest BCUT2D eigenvalue weighted by Gasteiger charge is -2.31. The fourth-order valence-corrected chi connectivity index (χ4v) is 2.78. The molecule has 0 unspecified atom stereocenters. The molecule has 1 amide bonds. The Hall–Kier alpha value is -1.69. The molecule has 0 aromatic heterocycles. The minimum atomic E-state index is -2.51. The molecule has 0 spiro atoms. The van der Waals surface area contributed by atoms with E-state index in [9.17, 15) is 13.6 Å². The Kier molecular flexibility index (Phi) is 6.03. The van der Waals surface area contributed by atoms with Crippen LogP contribution in [0, 0.1) is 0 Å². The van der Waals surface area contributed by atoms with Crippen LogP contribution in [0.1, 0.15) is 57.7 Å². The number of ether oxygens (including phenoxy) is 1. The number of halogens is 2. The fourth-order valence-electron chi connectivity index (χ4n) is 2.78. The minimum absolute atomic E-state index is 0.0675. The smallest absolute Gasteiger partial charge is 0.408 e. The van der Waals surface area contributed by atoms with Crippen molar-refractivity contribution >= 4 is 6.09 Å². The third-order valence-electron chi connectivity index (χ3n) is 4.21. The first-order valence-corrected chi connectivity index (χ1v) is 8.73. The maximum Gasteiger partial charge on any atom is 0.408 e. The molecule has 1 atom stereocenters. The standard InChI is InChI=1S/C19H28F2N2O2/c1-14(22-17(24)25-18(2,3)4)16-7-5-15(6-8-16)13-23-11-9-19(20,21)10-12-23/h5-8,14H,9-13H2,1-4H3,(H,22,24)/t14-/m0/s1. The second kappa shape index (κ2) is 7.68. The number of amides is 1. The van der Waals surface area contributed by atoms with Gasteiger partial charge in [-0.05, 0) is 38.8 Å². The number of carbonyl (C=O) groups excluding carboxylic acids is 1. The lowest BCUT2D eigenvalue weighted by Crippen LogP contribution is -2.38. The maximum absolute atomic E-state index is 13.2. The molecule has 6 heteroatoms. The Morgan fingerprint density at radius 3 is 2.32 bits per heavy atom. The van der Waals surface area contributed by atoms with Crippen molar-refractivity contribution in [1.29, 1.82) is 0 Å². The SMILES string of the molecule is C[C@H](NC(=O)OC(C)(C)C)c1ccc(CN2CCC(F)(F)CC2)cc1. The third-order valence-corrected chi connectivity index (χ3v) is 4.21. The molecule has 1 heterocycles. The molecule has 1 aliphatic rings. The van der Waals surface area contributed by atoms with Crippen LogP contribution in [0.5, 0.6) is 0 Å². The lowest BCUT2D eigenvalue weighted by molar-refractivity contribution is -0.0566. The van der Waals surface area contributed by atoms with Crippen LogP contribution in [0.25, 0.3) is 0 Å². The summed E-state index contributed by atoms with van der Waals surface area (Å²) in [6.45, 7) is 8.88. The largest absolute Gasteiger partial charge is 0.444 e. The molecule has 4 nitrogen and oxygen atoms in total. The molecule has 1 aromatic carbocycles. The molecule has 25 heavy (non-hydrogen) atoms.